The number of esters is 1. The van der Waals surface area contributed by atoms with Gasteiger partial charge in [-0.2, -0.15) is 5.10 Å². The zero-order chi connectivity index (χ0) is 12.3. The molecule has 5 heteroatoms. The van der Waals surface area contributed by atoms with Crippen LogP contribution in [-0.4, -0.2) is 28.9 Å². The van der Waals surface area contributed by atoms with Gasteiger partial charge in [0, 0.05) is 23.7 Å². The quantitative estimate of drug-likeness (QED) is 0.644. The number of nitrogens with zero attached hydrogens (tertiary/aromatic N) is 2. The van der Waals surface area contributed by atoms with Crippen LogP contribution >= 0.6 is 0 Å². The van der Waals surface area contributed by atoms with E-state index in [1.165, 1.54) is 19.4 Å². The third-order valence-corrected chi connectivity index (χ3v) is 1.58. The van der Waals surface area contributed by atoms with Crippen LogP contribution in [-0.2, 0) is 22.9 Å². The van der Waals surface area contributed by atoms with Gasteiger partial charge in [-0.25, -0.2) is 0 Å². The largest absolute Gasteiger partial charge is 0.468 e. The van der Waals surface area contributed by atoms with Crippen LogP contribution in [0.25, 0.3) is 0 Å². The first-order valence-corrected chi connectivity index (χ1v) is 3.73. The maximum Gasteiger partial charge on any atom is 0.323 e. The van der Waals surface area contributed by atoms with Crippen LogP contribution in [0, 0.1) is 0 Å². The standard InChI is InChI=1S/C8H13N3O2/c1-11-4-3-6(10-11)5-7(9)8(12)13-2/h3-4,7H,5,9H2,1-2H3/i1D3. The maximum absolute atomic E-state index is 11.0. The molecule has 1 aromatic rings. The molecule has 1 aromatic heterocycles. The summed E-state index contributed by atoms with van der Waals surface area (Å²) < 4.78 is 26.6. The highest BCUT2D eigenvalue weighted by molar-refractivity contribution is 5.75. The van der Waals surface area contributed by atoms with E-state index in [1.807, 2.05) is 0 Å². The third kappa shape index (κ3) is 2.55. The molecule has 0 saturated carbocycles. The monoisotopic (exact) mass is 186 g/mol. The fraction of sp³-hybridized carbons (Fsp3) is 0.500. The van der Waals surface area contributed by atoms with Gasteiger partial charge in [0.15, 0.2) is 0 Å². The Bertz CT molecular complexity index is 375. The molecule has 13 heavy (non-hydrogen) atoms. The lowest BCUT2D eigenvalue weighted by Gasteiger charge is -2.06. The van der Waals surface area contributed by atoms with Crippen molar-refractivity contribution in [3.63, 3.8) is 0 Å². The molecule has 72 valence electrons. The number of aryl methyl sites for hydroxylation is 1. The Morgan fingerprint density at radius 1 is 2.00 bits per heavy atom. The van der Waals surface area contributed by atoms with E-state index >= 15 is 0 Å². The Hall–Kier alpha value is -1.36. The first-order valence-electron chi connectivity index (χ1n) is 5.23. The number of nitrogens with two attached hydrogens (primary N) is 1. The number of aromatic nitrogens is 2. The number of carbonyl (C=O) groups excluding carboxylic acids is 1. The highest BCUT2D eigenvalue weighted by Crippen LogP contribution is 1.99. The number of ether oxygens (including phenoxy) is 1. The molecular weight excluding hydrogens is 170 g/mol. The minimum Gasteiger partial charge on any atom is -0.468 e. The predicted molar refractivity (Wildman–Crippen MR) is 46.9 cm³/mol. The third-order valence-electron chi connectivity index (χ3n) is 1.58. The second-order valence-electron chi connectivity index (χ2n) is 2.59. The van der Waals surface area contributed by atoms with Crippen molar-refractivity contribution < 1.29 is 13.6 Å². The van der Waals surface area contributed by atoms with E-state index in [2.05, 4.69) is 9.84 Å². The summed E-state index contributed by atoms with van der Waals surface area (Å²) in [7, 11) is 1.24. The van der Waals surface area contributed by atoms with Crippen molar-refractivity contribution in [1.29, 1.82) is 0 Å². The van der Waals surface area contributed by atoms with Gasteiger partial charge in [0.1, 0.15) is 6.04 Å². The van der Waals surface area contributed by atoms with Crippen molar-refractivity contribution >= 4 is 5.97 Å². The Balaban J connectivity index is 2.69. The smallest absolute Gasteiger partial charge is 0.323 e. The molecule has 0 bridgehead atoms. The van der Waals surface area contributed by atoms with Crippen LogP contribution in [0.15, 0.2) is 12.3 Å². The van der Waals surface area contributed by atoms with Gasteiger partial charge in [0.2, 0.25) is 0 Å². The predicted octanol–water partition coefficient (Wildman–Crippen LogP) is -0.537. The second-order valence-corrected chi connectivity index (χ2v) is 2.59. The van der Waals surface area contributed by atoms with E-state index in [1.54, 1.807) is 0 Å². The van der Waals surface area contributed by atoms with E-state index in [-0.39, 0.29) is 6.42 Å². The van der Waals surface area contributed by atoms with Gasteiger partial charge in [-0.05, 0) is 6.07 Å². The SMILES string of the molecule is [2H]C([2H])([2H])n1ccc(CC(N)C(=O)OC)n1. The Kier molecular flexibility index (Phi) is 1.91. The van der Waals surface area contributed by atoms with Crippen LogP contribution in [0.3, 0.4) is 0 Å². The molecule has 0 fully saturated rings. The molecule has 2 N–H and O–H groups in total. The zero-order valence-electron chi connectivity index (χ0n) is 10.2. The summed E-state index contributed by atoms with van der Waals surface area (Å²) in [5, 5.41) is 3.80. The second kappa shape index (κ2) is 4.04. The van der Waals surface area contributed by atoms with Crippen molar-refractivity contribution in [2.75, 3.05) is 7.11 Å². The summed E-state index contributed by atoms with van der Waals surface area (Å²) in [6.45, 7) is -2.31. The Morgan fingerprint density at radius 2 is 2.77 bits per heavy atom. The molecule has 1 rings (SSSR count). The van der Waals surface area contributed by atoms with Crippen LogP contribution in [0.1, 0.15) is 9.81 Å². The van der Waals surface area contributed by atoms with Gasteiger partial charge in [0.25, 0.3) is 0 Å². The summed E-state index contributed by atoms with van der Waals surface area (Å²) >= 11 is 0. The van der Waals surface area contributed by atoms with Crippen molar-refractivity contribution in [3.05, 3.63) is 18.0 Å². The fourth-order valence-corrected chi connectivity index (χ4v) is 0.931. The Labute approximate surface area is 80.7 Å². The summed E-state index contributed by atoms with van der Waals surface area (Å²) in [6, 6.07) is 0.680. The molecule has 1 atom stereocenters. The van der Waals surface area contributed by atoms with Crippen LogP contribution in [0.5, 0.6) is 0 Å². The van der Waals surface area contributed by atoms with Crippen molar-refractivity contribution in [2.24, 2.45) is 12.7 Å². The minimum atomic E-state index is -2.31. The zero-order valence-corrected chi connectivity index (χ0v) is 7.23. The van der Waals surface area contributed by atoms with Crippen LogP contribution in [0.4, 0.5) is 0 Å². The van der Waals surface area contributed by atoms with Gasteiger partial charge in [-0.15, -0.1) is 0 Å². The van der Waals surface area contributed by atoms with E-state index in [0.717, 1.165) is 4.68 Å². The van der Waals surface area contributed by atoms with E-state index in [0.29, 0.717) is 5.69 Å². The molecule has 1 unspecified atom stereocenters. The summed E-state index contributed by atoms with van der Waals surface area (Å²) in [4.78, 5) is 11.0. The molecule has 0 saturated heterocycles. The molecule has 0 aliphatic heterocycles. The summed E-state index contributed by atoms with van der Waals surface area (Å²) in [6.07, 6.45) is 1.47. The van der Waals surface area contributed by atoms with E-state index in [4.69, 9.17) is 9.85 Å². The van der Waals surface area contributed by atoms with Gasteiger partial charge in [0.05, 0.1) is 12.8 Å². The molecule has 5 nitrogen and oxygen atoms in total. The van der Waals surface area contributed by atoms with E-state index in [9.17, 15) is 4.79 Å². The molecule has 0 aliphatic rings. The summed E-state index contributed by atoms with van der Waals surface area (Å²) in [5.74, 6) is -0.552. The highest BCUT2D eigenvalue weighted by atomic mass is 16.5. The van der Waals surface area contributed by atoms with Gasteiger partial charge in [-0.1, -0.05) is 0 Å². The number of hydrogen-bond donors (Lipinski definition) is 1. The number of carbonyl (C=O) groups is 1. The van der Waals surface area contributed by atoms with Gasteiger partial charge >= 0.3 is 5.97 Å². The molecule has 0 amide bonds. The van der Waals surface area contributed by atoms with Crippen LogP contribution < -0.4 is 5.73 Å². The number of rotatable bonds is 3. The maximum atomic E-state index is 11.0. The van der Waals surface area contributed by atoms with Crippen molar-refractivity contribution in [3.8, 4) is 0 Å². The molecule has 1 heterocycles. The normalized spacial score (nSPS) is 16.9. The molecular formula is C8H13N3O2. The summed E-state index contributed by atoms with van der Waals surface area (Å²) in [5.41, 5.74) is 5.95. The average molecular weight is 186 g/mol. The number of hydrogen-bond acceptors (Lipinski definition) is 4. The average Bonchev–Trinajstić information content (AvgIpc) is 2.64. The van der Waals surface area contributed by atoms with Gasteiger partial charge < -0.3 is 10.5 Å². The minimum absolute atomic E-state index is 0.149. The molecule has 0 spiro atoms. The van der Waals surface area contributed by atoms with Gasteiger partial charge in [-0.3, -0.25) is 9.48 Å². The first-order chi connectivity index (χ1) is 7.34. The lowest BCUT2D eigenvalue weighted by molar-refractivity contribution is -0.142. The topological polar surface area (TPSA) is 70.1 Å². The Morgan fingerprint density at radius 3 is 3.31 bits per heavy atom. The molecule has 0 aliphatic carbocycles. The van der Waals surface area contributed by atoms with Crippen molar-refractivity contribution in [1.82, 2.24) is 9.78 Å². The fourth-order valence-electron chi connectivity index (χ4n) is 0.931. The first kappa shape index (κ1) is 6.15. The lowest BCUT2D eigenvalue weighted by Crippen LogP contribution is -2.33. The van der Waals surface area contributed by atoms with Crippen molar-refractivity contribution in [2.45, 2.75) is 12.5 Å². The lowest BCUT2D eigenvalue weighted by atomic mass is 10.2. The highest BCUT2D eigenvalue weighted by Gasteiger charge is 2.15. The molecule has 0 aromatic carbocycles. The van der Waals surface area contributed by atoms with E-state index < -0.39 is 19.0 Å². The molecule has 0 radical (unpaired) electrons. The number of methoxy groups -OCH3 is 1. The van der Waals surface area contributed by atoms with Crippen LogP contribution in [0.2, 0.25) is 0 Å².